The van der Waals surface area contributed by atoms with Crippen molar-refractivity contribution < 1.29 is 17.9 Å². The molecule has 0 heterocycles. The molecule has 0 saturated heterocycles. The van der Waals surface area contributed by atoms with E-state index in [0.717, 1.165) is 28.0 Å². The molecule has 0 atom stereocenters. The second-order valence-corrected chi connectivity index (χ2v) is 9.92. The van der Waals surface area contributed by atoms with Gasteiger partial charge in [0.05, 0.1) is 17.1 Å². The number of anilines is 1. The third-order valence-corrected chi connectivity index (χ3v) is 7.20. The highest BCUT2D eigenvalue weighted by Crippen LogP contribution is 2.28. The Kier molecular flexibility index (Phi) is 7.76. The fourth-order valence-corrected chi connectivity index (χ4v) is 4.87. The molecule has 1 amide bonds. The molecule has 3 rings (SSSR count). The van der Waals surface area contributed by atoms with Crippen LogP contribution in [0.15, 0.2) is 71.6 Å². The van der Waals surface area contributed by atoms with E-state index in [2.05, 4.69) is 5.32 Å². The Labute approximate surface area is 196 Å². The van der Waals surface area contributed by atoms with E-state index in [1.165, 1.54) is 4.31 Å². The highest BCUT2D eigenvalue weighted by atomic mass is 32.2. The number of sulfonamides is 1. The van der Waals surface area contributed by atoms with Crippen molar-refractivity contribution in [2.45, 2.75) is 32.6 Å². The molecule has 0 aliphatic rings. The van der Waals surface area contributed by atoms with Gasteiger partial charge in [-0.1, -0.05) is 42.0 Å². The minimum Gasteiger partial charge on any atom is -0.492 e. The number of nitrogens with zero attached hydrogens (tertiary/aromatic N) is 1. The maximum absolute atomic E-state index is 13.5. The average Bonchev–Trinajstić information content (AvgIpc) is 2.77. The summed E-state index contributed by atoms with van der Waals surface area (Å²) in [6, 6.07) is 19.7. The number of rotatable bonds is 9. The van der Waals surface area contributed by atoms with Crippen LogP contribution in [-0.2, 0) is 14.8 Å². The number of benzene rings is 3. The first kappa shape index (κ1) is 24.3. The Morgan fingerprint density at radius 3 is 2.30 bits per heavy atom. The van der Waals surface area contributed by atoms with Gasteiger partial charge >= 0.3 is 0 Å². The predicted octanol–water partition coefficient (Wildman–Crippen LogP) is 4.31. The highest BCUT2D eigenvalue weighted by Gasteiger charge is 2.28. The highest BCUT2D eigenvalue weighted by molar-refractivity contribution is 7.92. The second-order valence-electron chi connectivity index (χ2n) is 8.06. The van der Waals surface area contributed by atoms with Crippen LogP contribution in [0.3, 0.4) is 0 Å². The summed E-state index contributed by atoms with van der Waals surface area (Å²) in [5.41, 5.74) is 4.29. The molecule has 0 spiro atoms. The lowest BCUT2D eigenvalue weighted by Crippen LogP contribution is -2.42. The third kappa shape index (κ3) is 6.14. The summed E-state index contributed by atoms with van der Waals surface area (Å²) >= 11 is 0. The van der Waals surface area contributed by atoms with Gasteiger partial charge in [-0.15, -0.1) is 0 Å². The number of hydrogen-bond donors (Lipinski definition) is 1. The zero-order valence-corrected chi connectivity index (χ0v) is 20.3. The van der Waals surface area contributed by atoms with E-state index in [4.69, 9.17) is 4.74 Å². The van der Waals surface area contributed by atoms with E-state index in [0.29, 0.717) is 5.69 Å². The van der Waals surface area contributed by atoms with E-state index in [-0.39, 0.29) is 24.6 Å². The number of aryl methyl sites for hydroxylation is 3. The van der Waals surface area contributed by atoms with Gasteiger partial charge in [0.25, 0.3) is 10.0 Å². The van der Waals surface area contributed by atoms with Gasteiger partial charge in [-0.2, -0.15) is 0 Å². The SMILES string of the molecule is Cc1ccc(S(=O)(=O)N(CC(=O)NCCOc2cccc(C)c2)c2cccc(C)c2C)cc1. The molecule has 0 fully saturated rings. The van der Waals surface area contributed by atoms with Crippen LogP contribution in [0.2, 0.25) is 0 Å². The van der Waals surface area contributed by atoms with Crippen LogP contribution in [0.25, 0.3) is 0 Å². The zero-order valence-electron chi connectivity index (χ0n) is 19.5. The molecule has 0 saturated carbocycles. The third-order valence-electron chi connectivity index (χ3n) is 5.42. The summed E-state index contributed by atoms with van der Waals surface area (Å²) in [5.74, 6) is 0.322. The normalized spacial score (nSPS) is 11.2. The van der Waals surface area contributed by atoms with Crippen LogP contribution in [0.1, 0.15) is 22.3 Å². The Morgan fingerprint density at radius 1 is 0.909 bits per heavy atom. The molecular weight excluding hydrogens is 436 g/mol. The first-order valence-electron chi connectivity index (χ1n) is 10.8. The summed E-state index contributed by atoms with van der Waals surface area (Å²) in [5, 5.41) is 2.76. The van der Waals surface area contributed by atoms with Crippen molar-refractivity contribution in [2.24, 2.45) is 0 Å². The fraction of sp³-hybridized carbons (Fsp3) is 0.269. The Balaban J connectivity index is 1.76. The molecule has 174 valence electrons. The van der Waals surface area contributed by atoms with Gasteiger partial charge in [-0.25, -0.2) is 8.42 Å². The maximum atomic E-state index is 13.5. The van der Waals surface area contributed by atoms with Crippen LogP contribution >= 0.6 is 0 Å². The van der Waals surface area contributed by atoms with Crippen molar-refractivity contribution in [2.75, 3.05) is 24.0 Å². The van der Waals surface area contributed by atoms with Crippen molar-refractivity contribution in [1.29, 1.82) is 0 Å². The minimum atomic E-state index is -3.94. The fourth-order valence-electron chi connectivity index (χ4n) is 3.39. The molecule has 0 aliphatic heterocycles. The molecule has 7 heteroatoms. The molecule has 0 aromatic heterocycles. The van der Waals surface area contributed by atoms with Crippen molar-refractivity contribution in [3.8, 4) is 5.75 Å². The summed E-state index contributed by atoms with van der Waals surface area (Å²) in [7, 11) is -3.94. The summed E-state index contributed by atoms with van der Waals surface area (Å²) < 4.78 is 33.9. The lowest BCUT2D eigenvalue weighted by atomic mass is 10.1. The number of ether oxygens (including phenoxy) is 1. The molecule has 0 aliphatic carbocycles. The largest absolute Gasteiger partial charge is 0.492 e. The van der Waals surface area contributed by atoms with Crippen molar-refractivity contribution in [3.05, 3.63) is 89.0 Å². The van der Waals surface area contributed by atoms with Gasteiger partial charge in [0, 0.05) is 0 Å². The van der Waals surface area contributed by atoms with E-state index in [1.807, 2.05) is 58.0 Å². The van der Waals surface area contributed by atoms with Crippen molar-refractivity contribution >= 4 is 21.6 Å². The molecular formula is C26H30N2O4S. The molecule has 3 aromatic rings. The molecule has 0 unspecified atom stereocenters. The molecule has 3 aromatic carbocycles. The van der Waals surface area contributed by atoms with Gasteiger partial charge < -0.3 is 10.1 Å². The van der Waals surface area contributed by atoms with Crippen molar-refractivity contribution in [1.82, 2.24) is 5.32 Å². The minimum absolute atomic E-state index is 0.143. The number of carbonyl (C=O) groups is 1. The number of amides is 1. The van der Waals surface area contributed by atoms with E-state index >= 15 is 0 Å². The average molecular weight is 467 g/mol. The van der Waals surface area contributed by atoms with E-state index < -0.39 is 15.9 Å². The topological polar surface area (TPSA) is 75.7 Å². The van der Waals surface area contributed by atoms with Gasteiger partial charge in [0.15, 0.2) is 0 Å². The van der Waals surface area contributed by atoms with Crippen LogP contribution in [0.5, 0.6) is 5.75 Å². The summed E-state index contributed by atoms with van der Waals surface area (Å²) in [4.78, 5) is 12.9. The molecule has 0 radical (unpaired) electrons. The smallest absolute Gasteiger partial charge is 0.264 e. The van der Waals surface area contributed by atoms with E-state index in [1.54, 1.807) is 36.4 Å². The van der Waals surface area contributed by atoms with Crippen LogP contribution in [-0.4, -0.2) is 34.0 Å². The lowest BCUT2D eigenvalue weighted by molar-refractivity contribution is -0.119. The first-order valence-corrected chi connectivity index (χ1v) is 12.2. The number of hydrogen-bond acceptors (Lipinski definition) is 4. The Morgan fingerprint density at radius 2 is 1.61 bits per heavy atom. The molecule has 6 nitrogen and oxygen atoms in total. The van der Waals surface area contributed by atoms with Crippen molar-refractivity contribution in [3.63, 3.8) is 0 Å². The number of nitrogens with one attached hydrogen (secondary N) is 1. The monoisotopic (exact) mass is 466 g/mol. The van der Waals surface area contributed by atoms with Gasteiger partial charge in [-0.05, 0) is 74.7 Å². The lowest BCUT2D eigenvalue weighted by Gasteiger charge is -2.26. The summed E-state index contributed by atoms with van der Waals surface area (Å²) in [6.45, 7) is 7.86. The Hall–Kier alpha value is -3.32. The molecule has 0 bridgehead atoms. The van der Waals surface area contributed by atoms with Gasteiger partial charge in [0.1, 0.15) is 18.9 Å². The Bertz CT molecular complexity index is 1220. The van der Waals surface area contributed by atoms with Gasteiger partial charge in [-0.3, -0.25) is 9.10 Å². The predicted molar refractivity (Wildman–Crippen MR) is 131 cm³/mol. The first-order chi connectivity index (χ1) is 15.7. The van der Waals surface area contributed by atoms with Crippen LogP contribution in [0, 0.1) is 27.7 Å². The maximum Gasteiger partial charge on any atom is 0.264 e. The zero-order chi connectivity index (χ0) is 24.0. The standard InChI is InChI=1S/C26H30N2O4S/c1-19-11-13-24(14-12-19)33(30,31)28(25-10-6-8-21(3)22(25)4)18-26(29)27-15-16-32-23-9-5-7-20(2)17-23/h5-14,17H,15-16,18H2,1-4H3,(H,27,29). The molecule has 1 N–H and O–H groups in total. The molecule has 33 heavy (non-hydrogen) atoms. The van der Waals surface area contributed by atoms with Crippen LogP contribution in [0.4, 0.5) is 5.69 Å². The number of carbonyl (C=O) groups excluding carboxylic acids is 1. The van der Waals surface area contributed by atoms with E-state index in [9.17, 15) is 13.2 Å². The quantitative estimate of drug-likeness (QED) is 0.477. The van der Waals surface area contributed by atoms with Gasteiger partial charge in [0.2, 0.25) is 5.91 Å². The summed E-state index contributed by atoms with van der Waals surface area (Å²) in [6.07, 6.45) is 0. The second kappa shape index (κ2) is 10.5. The van der Waals surface area contributed by atoms with Crippen LogP contribution < -0.4 is 14.4 Å².